The smallest absolute Gasteiger partial charge is 0.0752 e. The average Bonchev–Trinajstić information content (AvgIpc) is 2.49. The summed E-state index contributed by atoms with van der Waals surface area (Å²) in [5.74, 6) is 0. The highest BCUT2D eigenvalue weighted by Gasteiger charge is 2.21. The number of ether oxygens (including phenoxy) is 1. The van der Waals surface area contributed by atoms with Crippen molar-refractivity contribution in [2.45, 2.75) is 32.4 Å². The van der Waals surface area contributed by atoms with Crippen LogP contribution in [-0.2, 0) is 4.74 Å². The monoisotopic (exact) mass is 284 g/mol. The standard InChI is InChI=1S/C18H24N2O/c1-4-21-18(2,3)14-20-17(15-10-6-5-7-11-15)16-12-8-9-13-19-16/h5-13,17,20H,4,14H2,1-3H3. The summed E-state index contributed by atoms with van der Waals surface area (Å²) in [5.41, 5.74) is 2.04. The maximum atomic E-state index is 5.77. The van der Waals surface area contributed by atoms with Gasteiger partial charge in [-0.05, 0) is 38.5 Å². The topological polar surface area (TPSA) is 34.1 Å². The van der Waals surface area contributed by atoms with Gasteiger partial charge in [0.15, 0.2) is 0 Å². The van der Waals surface area contributed by atoms with Crippen LogP contribution in [0.2, 0.25) is 0 Å². The van der Waals surface area contributed by atoms with E-state index in [4.69, 9.17) is 4.74 Å². The van der Waals surface area contributed by atoms with Gasteiger partial charge in [0.2, 0.25) is 0 Å². The maximum Gasteiger partial charge on any atom is 0.0752 e. The fourth-order valence-electron chi connectivity index (χ4n) is 2.38. The number of pyridine rings is 1. The third-order valence-electron chi connectivity index (χ3n) is 3.38. The number of nitrogens with one attached hydrogen (secondary N) is 1. The first-order valence-corrected chi connectivity index (χ1v) is 7.45. The van der Waals surface area contributed by atoms with Crippen molar-refractivity contribution in [2.75, 3.05) is 13.2 Å². The van der Waals surface area contributed by atoms with E-state index in [2.05, 4.69) is 54.5 Å². The van der Waals surface area contributed by atoms with Gasteiger partial charge in [0, 0.05) is 19.3 Å². The van der Waals surface area contributed by atoms with Gasteiger partial charge in [-0.1, -0.05) is 36.4 Å². The minimum Gasteiger partial charge on any atom is -0.375 e. The van der Waals surface area contributed by atoms with Crippen molar-refractivity contribution in [1.29, 1.82) is 0 Å². The quantitative estimate of drug-likeness (QED) is 0.844. The fourth-order valence-corrected chi connectivity index (χ4v) is 2.38. The van der Waals surface area contributed by atoms with Crippen LogP contribution in [-0.4, -0.2) is 23.7 Å². The van der Waals surface area contributed by atoms with Gasteiger partial charge in [0.05, 0.1) is 17.3 Å². The Balaban J connectivity index is 2.18. The number of aromatic nitrogens is 1. The van der Waals surface area contributed by atoms with Gasteiger partial charge in [0.1, 0.15) is 0 Å². The third kappa shape index (κ3) is 4.66. The summed E-state index contributed by atoms with van der Waals surface area (Å²) in [6, 6.07) is 16.5. The Hall–Kier alpha value is -1.71. The molecule has 0 aliphatic rings. The van der Waals surface area contributed by atoms with Crippen LogP contribution in [0, 0.1) is 0 Å². The van der Waals surface area contributed by atoms with E-state index in [0.717, 1.165) is 12.2 Å². The lowest BCUT2D eigenvalue weighted by molar-refractivity contribution is -0.00996. The summed E-state index contributed by atoms with van der Waals surface area (Å²) < 4.78 is 5.77. The predicted molar refractivity (Wildman–Crippen MR) is 86.2 cm³/mol. The number of rotatable bonds is 7. The summed E-state index contributed by atoms with van der Waals surface area (Å²) in [4.78, 5) is 4.50. The Kier molecular flexibility index (Phi) is 5.48. The molecule has 112 valence electrons. The van der Waals surface area contributed by atoms with Gasteiger partial charge in [-0.3, -0.25) is 4.98 Å². The largest absolute Gasteiger partial charge is 0.375 e. The first-order valence-electron chi connectivity index (χ1n) is 7.45. The van der Waals surface area contributed by atoms with Crippen molar-refractivity contribution in [3.8, 4) is 0 Å². The van der Waals surface area contributed by atoms with Crippen LogP contribution < -0.4 is 5.32 Å². The molecular weight excluding hydrogens is 260 g/mol. The van der Waals surface area contributed by atoms with Crippen molar-refractivity contribution < 1.29 is 4.74 Å². The molecule has 0 saturated carbocycles. The van der Waals surface area contributed by atoms with Gasteiger partial charge in [-0.25, -0.2) is 0 Å². The normalized spacial score (nSPS) is 13.1. The molecule has 0 bridgehead atoms. The highest BCUT2D eigenvalue weighted by molar-refractivity contribution is 5.27. The Morgan fingerprint density at radius 3 is 2.43 bits per heavy atom. The molecule has 3 heteroatoms. The summed E-state index contributed by atoms with van der Waals surface area (Å²) in [5, 5.41) is 3.59. The first-order chi connectivity index (χ1) is 10.1. The molecular formula is C18H24N2O. The van der Waals surface area contributed by atoms with Gasteiger partial charge >= 0.3 is 0 Å². The van der Waals surface area contributed by atoms with Crippen LogP contribution in [0.5, 0.6) is 0 Å². The molecule has 2 aromatic rings. The fraction of sp³-hybridized carbons (Fsp3) is 0.389. The molecule has 0 aliphatic heterocycles. The van der Waals surface area contributed by atoms with Gasteiger partial charge < -0.3 is 10.1 Å². The zero-order valence-electron chi connectivity index (χ0n) is 13.0. The Labute approximate surface area is 127 Å². The van der Waals surface area contributed by atoms with E-state index in [0.29, 0.717) is 6.61 Å². The lowest BCUT2D eigenvalue weighted by Gasteiger charge is -2.28. The van der Waals surface area contributed by atoms with Gasteiger partial charge in [0.25, 0.3) is 0 Å². The molecule has 0 fully saturated rings. The van der Waals surface area contributed by atoms with E-state index in [9.17, 15) is 0 Å². The van der Waals surface area contributed by atoms with Gasteiger partial charge in [-0.2, -0.15) is 0 Å². The van der Waals surface area contributed by atoms with Crippen molar-refractivity contribution in [3.63, 3.8) is 0 Å². The number of nitrogens with zero attached hydrogens (tertiary/aromatic N) is 1. The zero-order chi connectivity index (χ0) is 15.1. The predicted octanol–water partition coefficient (Wildman–Crippen LogP) is 3.58. The molecule has 2 rings (SSSR count). The van der Waals surface area contributed by atoms with E-state index in [1.165, 1.54) is 5.56 Å². The average molecular weight is 284 g/mol. The minimum absolute atomic E-state index is 0.0760. The van der Waals surface area contributed by atoms with Crippen LogP contribution in [0.4, 0.5) is 0 Å². The maximum absolute atomic E-state index is 5.77. The lowest BCUT2D eigenvalue weighted by atomic mass is 10.0. The Bertz CT molecular complexity index is 486. The van der Waals surface area contributed by atoms with Crippen molar-refractivity contribution in [1.82, 2.24) is 10.3 Å². The zero-order valence-corrected chi connectivity index (χ0v) is 13.0. The molecule has 1 aromatic heterocycles. The van der Waals surface area contributed by atoms with E-state index in [1.54, 1.807) is 0 Å². The molecule has 3 nitrogen and oxygen atoms in total. The van der Waals surface area contributed by atoms with Crippen LogP contribution in [0.3, 0.4) is 0 Å². The summed E-state index contributed by atoms with van der Waals surface area (Å²) in [7, 11) is 0. The van der Waals surface area contributed by atoms with Crippen molar-refractivity contribution in [2.24, 2.45) is 0 Å². The van der Waals surface area contributed by atoms with E-state index < -0.39 is 0 Å². The third-order valence-corrected chi connectivity index (χ3v) is 3.38. The number of benzene rings is 1. The number of hydrogen-bond acceptors (Lipinski definition) is 3. The molecule has 1 heterocycles. The molecule has 0 amide bonds. The summed E-state index contributed by atoms with van der Waals surface area (Å²) >= 11 is 0. The molecule has 0 aliphatic carbocycles. The second kappa shape index (κ2) is 7.34. The second-order valence-electron chi connectivity index (χ2n) is 5.67. The highest BCUT2D eigenvalue weighted by Crippen LogP contribution is 2.21. The van der Waals surface area contributed by atoms with E-state index in [1.807, 2.05) is 31.3 Å². The Morgan fingerprint density at radius 1 is 1.10 bits per heavy atom. The number of hydrogen-bond donors (Lipinski definition) is 1. The van der Waals surface area contributed by atoms with Crippen LogP contribution in [0.15, 0.2) is 54.7 Å². The molecule has 21 heavy (non-hydrogen) atoms. The molecule has 0 radical (unpaired) electrons. The summed E-state index contributed by atoms with van der Waals surface area (Å²) in [6.07, 6.45) is 1.83. The van der Waals surface area contributed by atoms with Crippen molar-refractivity contribution in [3.05, 3.63) is 66.0 Å². The molecule has 0 spiro atoms. The van der Waals surface area contributed by atoms with E-state index in [-0.39, 0.29) is 11.6 Å². The van der Waals surface area contributed by atoms with Crippen LogP contribution in [0.25, 0.3) is 0 Å². The van der Waals surface area contributed by atoms with Crippen LogP contribution >= 0.6 is 0 Å². The molecule has 0 saturated heterocycles. The Morgan fingerprint density at radius 2 is 1.81 bits per heavy atom. The summed E-state index contributed by atoms with van der Waals surface area (Å²) in [6.45, 7) is 7.70. The van der Waals surface area contributed by atoms with Gasteiger partial charge in [-0.15, -0.1) is 0 Å². The first kappa shape index (κ1) is 15.7. The second-order valence-corrected chi connectivity index (χ2v) is 5.67. The molecule has 1 N–H and O–H groups in total. The lowest BCUT2D eigenvalue weighted by Crippen LogP contribution is -2.39. The SMILES string of the molecule is CCOC(C)(C)CNC(c1ccccc1)c1ccccn1. The van der Waals surface area contributed by atoms with Crippen LogP contribution in [0.1, 0.15) is 38.1 Å². The molecule has 1 unspecified atom stereocenters. The van der Waals surface area contributed by atoms with E-state index >= 15 is 0 Å². The highest BCUT2D eigenvalue weighted by atomic mass is 16.5. The molecule has 1 aromatic carbocycles. The van der Waals surface area contributed by atoms with Crippen molar-refractivity contribution >= 4 is 0 Å². The minimum atomic E-state index is -0.198. The molecule has 1 atom stereocenters.